The van der Waals surface area contributed by atoms with Crippen molar-refractivity contribution in [2.45, 2.75) is 37.8 Å². The lowest BCUT2D eigenvalue weighted by Gasteiger charge is -2.18. The Hall–Kier alpha value is -3.08. The molecular weight excluding hydrogens is 376 g/mol. The minimum atomic E-state index is -0.678. The standard InChI is InChI=1S/C19H22N6O4/c1-10(20)11-4-2-3-5-12(11)19(27)29-13-6-15(28-14(13)7-26)25-9-24-16-17(21)22-8-23-18(16)25/h2-5,8-10,13-15,26H,6-7,20H2,1H3,(H2,21,22,23)/t10?,13-,14?,15-/m1/s1. The largest absolute Gasteiger partial charge is 0.456 e. The quantitative estimate of drug-likeness (QED) is 0.533. The van der Waals surface area contributed by atoms with E-state index >= 15 is 0 Å². The summed E-state index contributed by atoms with van der Waals surface area (Å²) in [6.07, 6.45) is 1.37. The Morgan fingerprint density at radius 1 is 1.38 bits per heavy atom. The van der Waals surface area contributed by atoms with Crippen LogP contribution in [0.2, 0.25) is 0 Å². The summed E-state index contributed by atoms with van der Waals surface area (Å²) in [4.78, 5) is 25.1. The molecule has 1 aliphatic heterocycles. The minimum absolute atomic E-state index is 0.265. The molecule has 5 N–H and O–H groups in total. The Labute approximate surface area is 166 Å². The fourth-order valence-electron chi connectivity index (χ4n) is 3.52. The number of imidazole rings is 1. The Bertz CT molecular complexity index is 1040. The molecule has 2 unspecified atom stereocenters. The lowest BCUT2D eigenvalue weighted by molar-refractivity contribution is -0.0500. The molecule has 0 bridgehead atoms. The van der Waals surface area contributed by atoms with Crippen molar-refractivity contribution in [3.63, 3.8) is 0 Å². The van der Waals surface area contributed by atoms with E-state index in [4.69, 9.17) is 20.9 Å². The zero-order valence-corrected chi connectivity index (χ0v) is 15.8. The van der Waals surface area contributed by atoms with Gasteiger partial charge < -0.3 is 26.0 Å². The maximum absolute atomic E-state index is 12.8. The van der Waals surface area contributed by atoms with Crippen LogP contribution in [-0.2, 0) is 9.47 Å². The van der Waals surface area contributed by atoms with E-state index in [2.05, 4.69) is 15.0 Å². The number of esters is 1. The third-order valence-electron chi connectivity index (χ3n) is 4.99. The fraction of sp³-hybridized carbons (Fsp3) is 0.368. The van der Waals surface area contributed by atoms with Gasteiger partial charge >= 0.3 is 5.97 Å². The van der Waals surface area contributed by atoms with Gasteiger partial charge in [0.2, 0.25) is 0 Å². The van der Waals surface area contributed by atoms with E-state index in [0.717, 1.165) is 0 Å². The van der Waals surface area contributed by atoms with Crippen molar-refractivity contribution in [3.8, 4) is 0 Å². The van der Waals surface area contributed by atoms with Crippen LogP contribution in [0.5, 0.6) is 0 Å². The second-order valence-electron chi connectivity index (χ2n) is 6.95. The number of ether oxygens (including phenoxy) is 2. The smallest absolute Gasteiger partial charge is 0.338 e. The van der Waals surface area contributed by atoms with E-state index in [-0.39, 0.29) is 18.5 Å². The highest BCUT2D eigenvalue weighted by Gasteiger charge is 2.39. The number of hydrogen-bond acceptors (Lipinski definition) is 9. The summed E-state index contributed by atoms with van der Waals surface area (Å²) in [5.74, 6) is -0.242. The van der Waals surface area contributed by atoms with Crippen molar-refractivity contribution < 1.29 is 19.4 Å². The van der Waals surface area contributed by atoms with Gasteiger partial charge in [-0.3, -0.25) is 4.57 Å². The Morgan fingerprint density at radius 2 is 2.17 bits per heavy atom. The van der Waals surface area contributed by atoms with Gasteiger partial charge in [0.05, 0.1) is 18.5 Å². The van der Waals surface area contributed by atoms with Crippen LogP contribution in [0.1, 0.15) is 41.5 Å². The predicted octanol–water partition coefficient (Wildman–Crippen LogP) is 0.934. The summed E-state index contributed by atoms with van der Waals surface area (Å²) in [6, 6.07) is 6.72. The van der Waals surface area contributed by atoms with E-state index in [1.165, 1.54) is 6.33 Å². The first-order chi connectivity index (χ1) is 14.0. The second-order valence-corrected chi connectivity index (χ2v) is 6.95. The molecule has 1 saturated heterocycles. The lowest BCUT2D eigenvalue weighted by Crippen LogP contribution is -2.30. The Balaban J connectivity index is 1.56. The van der Waals surface area contributed by atoms with E-state index in [0.29, 0.717) is 28.7 Å². The van der Waals surface area contributed by atoms with Crippen molar-refractivity contribution in [1.29, 1.82) is 0 Å². The third kappa shape index (κ3) is 3.53. The number of fused-ring (bicyclic) bond motifs is 1. The first-order valence-electron chi connectivity index (χ1n) is 9.24. The molecule has 10 nitrogen and oxygen atoms in total. The minimum Gasteiger partial charge on any atom is -0.456 e. The molecule has 0 radical (unpaired) electrons. The molecule has 0 amide bonds. The van der Waals surface area contributed by atoms with Gasteiger partial charge in [-0.05, 0) is 18.6 Å². The number of nitrogens with two attached hydrogens (primary N) is 2. The molecule has 0 spiro atoms. The predicted molar refractivity (Wildman–Crippen MR) is 104 cm³/mol. The monoisotopic (exact) mass is 398 g/mol. The van der Waals surface area contributed by atoms with E-state index in [1.54, 1.807) is 36.0 Å². The van der Waals surface area contributed by atoms with Gasteiger partial charge in [0.15, 0.2) is 11.5 Å². The number of aliphatic hydroxyl groups excluding tert-OH is 1. The van der Waals surface area contributed by atoms with Crippen LogP contribution in [0.3, 0.4) is 0 Å². The number of hydrogen-bond donors (Lipinski definition) is 3. The number of nitrogens with zero attached hydrogens (tertiary/aromatic N) is 4. The topological polar surface area (TPSA) is 151 Å². The van der Waals surface area contributed by atoms with E-state index < -0.39 is 24.4 Å². The van der Waals surface area contributed by atoms with Crippen LogP contribution in [0.4, 0.5) is 5.82 Å². The van der Waals surface area contributed by atoms with Gasteiger partial charge in [-0.15, -0.1) is 0 Å². The van der Waals surface area contributed by atoms with Crippen LogP contribution in [0.15, 0.2) is 36.9 Å². The molecular formula is C19H22N6O4. The van der Waals surface area contributed by atoms with Gasteiger partial charge in [-0.2, -0.15) is 0 Å². The maximum Gasteiger partial charge on any atom is 0.338 e. The molecule has 3 heterocycles. The lowest BCUT2D eigenvalue weighted by atomic mass is 10.0. The summed E-state index contributed by atoms with van der Waals surface area (Å²) in [5, 5.41) is 9.73. The molecule has 152 valence electrons. The van der Waals surface area contributed by atoms with Crippen LogP contribution < -0.4 is 11.5 Å². The van der Waals surface area contributed by atoms with Gasteiger partial charge in [-0.1, -0.05) is 18.2 Å². The number of nitrogen functional groups attached to an aromatic ring is 1. The van der Waals surface area contributed by atoms with E-state index in [1.807, 2.05) is 6.07 Å². The Kier molecular flexibility index (Phi) is 5.14. The molecule has 0 aliphatic carbocycles. The summed E-state index contributed by atoms with van der Waals surface area (Å²) >= 11 is 0. The number of rotatable bonds is 5. The number of aromatic nitrogens is 4. The van der Waals surface area contributed by atoms with Crippen molar-refractivity contribution in [1.82, 2.24) is 19.5 Å². The summed E-state index contributed by atoms with van der Waals surface area (Å²) in [5.41, 5.74) is 13.9. The average Bonchev–Trinajstić information content (AvgIpc) is 3.32. The third-order valence-corrected chi connectivity index (χ3v) is 4.99. The fourth-order valence-corrected chi connectivity index (χ4v) is 3.52. The molecule has 4 atom stereocenters. The molecule has 3 aromatic rings. The molecule has 10 heteroatoms. The van der Waals surface area contributed by atoms with Gasteiger partial charge in [0, 0.05) is 12.5 Å². The normalized spacial score (nSPS) is 22.7. The van der Waals surface area contributed by atoms with Crippen LogP contribution in [0.25, 0.3) is 11.2 Å². The van der Waals surface area contributed by atoms with Crippen LogP contribution >= 0.6 is 0 Å². The first kappa shape index (κ1) is 19.2. The summed E-state index contributed by atoms with van der Waals surface area (Å²) < 4.78 is 13.3. The first-order valence-corrected chi connectivity index (χ1v) is 9.24. The zero-order chi connectivity index (χ0) is 20.5. The molecule has 1 aliphatic rings. The highest BCUT2D eigenvalue weighted by atomic mass is 16.6. The Morgan fingerprint density at radius 3 is 2.93 bits per heavy atom. The number of anilines is 1. The van der Waals surface area contributed by atoms with Gasteiger partial charge in [0.25, 0.3) is 0 Å². The molecule has 29 heavy (non-hydrogen) atoms. The van der Waals surface area contributed by atoms with Crippen molar-refractivity contribution >= 4 is 23.0 Å². The van der Waals surface area contributed by atoms with Crippen molar-refractivity contribution in [3.05, 3.63) is 48.0 Å². The number of carbonyl (C=O) groups excluding carboxylic acids is 1. The average molecular weight is 398 g/mol. The van der Waals surface area contributed by atoms with Crippen LogP contribution in [-0.4, -0.2) is 49.4 Å². The van der Waals surface area contributed by atoms with Crippen molar-refractivity contribution in [2.75, 3.05) is 12.3 Å². The van der Waals surface area contributed by atoms with Gasteiger partial charge in [0.1, 0.15) is 30.3 Å². The van der Waals surface area contributed by atoms with Crippen molar-refractivity contribution in [2.24, 2.45) is 5.73 Å². The van der Waals surface area contributed by atoms with E-state index in [9.17, 15) is 9.90 Å². The summed E-state index contributed by atoms with van der Waals surface area (Å²) in [6.45, 7) is 1.50. The highest BCUT2D eigenvalue weighted by molar-refractivity contribution is 5.91. The molecule has 1 aromatic carbocycles. The number of aliphatic hydroxyl groups is 1. The maximum atomic E-state index is 12.8. The van der Waals surface area contributed by atoms with Crippen LogP contribution in [0, 0.1) is 0 Å². The number of carbonyl (C=O) groups is 1. The van der Waals surface area contributed by atoms with Gasteiger partial charge in [-0.25, -0.2) is 19.7 Å². The zero-order valence-electron chi connectivity index (χ0n) is 15.8. The SMILES string of the molecule is CC(N)c1ccccc1C(=O)O[C@@H]1C[C@H](n2cnc3c(N)ncnc32)OC1CO. The molecule has 4 rings (SSSR count). The second kappa shape index (κ2) is 7.74. The highest BCUT2D eigenvalue weighted by Crippen LogP contribution is 2.33. The number of benzene rings is 1. The molecule has 2 aromatic heterocycles. The molecule has 1 fully saturated rings. The summed E-state index contributed by atoms with van der Waals surface area (Å²) in [7, 11) is 0. The molecule has 0 saturated carbocycles.